The van der Waals surface area contributed by atoms with Crippen molar-refractivity contribution in [2.45, 2.75) is 63.6 Å². The van der Waals surface area contributed by atoms with Crippen LogP contribution in [0.15, 0.2) is 48.8 Å². The van der Waals surface area contributed by atoms with Gasteiger partial charge in [0.15, 0.2) is 0 Å². The lowest BCUT2D eigenvalue weighted by atomic mass is 9.93. The fraction of sp³-hybridized carbons (Fsp3) is 0.500. The van der Waals surface area contributed by atoms with Gasteiger partial charge in [0.05, 0.1) is 35.5 Å². The number of anilines is 2. The number of fused-ring (bicyclic) bond motifs is 1. The molecule has 11 nitrogen and oxygen atoms in total. The van der Waals surface area contributed by atoms with Gasteiger partial charge >= 0.3 is 0 Å². The minimum absolute atomic E-state index is 0.124. The Morgan fingerprint density at radius 3 is 2.49 bits per heavy atom. The number of hydrogen-bond acceptors (Lipinski definition) is 9. The monoisotopic (exact) mass is 640 g/mol. The van der Waals surface area contributed by atoms with Crippen molar-refractivity contribution in [1.29, 1.82) is 0 Å². The van der Waals surface area contributed by atoms with Crippen molar-refractivity contribution in [2.24, 2.45) is 0 Å². The van der Waals surface area contributed by atoms with E-state index in [1.54, 1.807) is 37.7 Å². The first kappa shape index (κ1) is 32.9. The maximum absolute atomic E-state index is 13.9. The zero-order valence-corrected chi connectivity index (χ0v) is 28.3. The van der Waals surface area contributed by atoms with Crippen LogP contribution in [0.3, 0.4) is 0 Å². The Balaban J connectivity index is 1.27. The van der Waals surface area contributed by atoms with E-state index in [2.05, 4.69) is 73.9 Å². The molecular formula is C36H48N8O3. The van der Waals surface area contributed by atoms with E-state index in [9.17, 15) is 9.90 Å². The molecule has 47 heavy (non-hydrogen) atoms. The van der Waals surface area contributed by atoms with E-state index >= 15 is 0 Å². The standard InChI is InChI=1S/C36H48N8O3/c1-24-20-25(21-32(38-24)30-23-37-15-12-34(30)47-5)35(46)40-36-39-31-11-8-28(22-33(31)44(36)27-6-9-29(45)10-7-27)43-16-13-26(14-17-43)42(4)19-18-41(2)3/h8,11-12,15,20-23,26-27,29,45H,6-7,9-10,13-14,16-19H2,1-5H3,(H,39,40,46)/t27-,29+. The van der Waals surface area contributed by atoms with Crippen LogP contribution in [0.5, 0.6) is 5.75 Å². The van der Waals surface area contributed by atoms with Gasteiger partial charge in [-0.1, -0.05) is 0 Å². The fourth-order valence-corrected chi connectivity index (χ4v) is 7.02. The van der Waals surface area contributed by atoms with Crippen molar-refractivity contribution in [3.05, 3.63) is 60.0 Å². The van der Waals surface area contributed by atoms with Crippen LogP contribution in [0.2, 0.25) is 0 Å². The highest BCUT2D eigenvalue weighted by Crippen LogP contribution is 2.37. The molecule has 0 spiro atoms. The molecule has 0 bridgehead atoms. The molecule has 2 N–H and O–H groups in total. The minimum atomic E-state index is -0.283. The van der Waals surface area contributed by atoms with E-state index in [1.807, 2.05) is 6.92 Å². The summed E-state index contributed by atoms with van der Waals surface area (Å²) in [7, 11) is 8.10. The Morgan fingerprint density at radius 1 is 1.00 bits per heavy atom. The number of ether oxygens (including phenoxy) is 1. The topological polar surface area (TPSA) is 112 Å². The number of imidazole rings is 1. The number of nitrogens with zero attached hydrogens (tertiary/aromatic N) is 7. The molecule has 4 heterocycles. The number of nitrogens with one attached hydrogen (secondary N) is 1. The normalized spacial score (nSPS) is 19.1. The Labute approximate surface area is 277 Å². The zero-order chi connectivity index (χ0) is 33.1. The predicted octanol–water partition coefficient (Wildman–Crippen LogP) is 5.00. The molecule has 2 aliphatic rings. The van der Waals surface area contributed by atoms with Crippen LogP contribution in [0, 0.1) is 6.92 Å². The van der Waals surface area contributed by atoms with Crippen LogP contribution in [0.1, 0.15) is 60.6 Å². The summed E-state index contributed by atoms with van der Waals surface area (Å²) < 4.78 is 7.73. The smallest absolute Gasteiger partial charge is 0.258 e. The van der Waals surface area contributed by atoms with Crippen LogP contribution >= 0.6 is 0 Å². The first-order chi connectivity index (χ1) is 22.7. The number of carbonyl (C=O) groups excluding carboxylic acids is 1. The van der Waals surface area contributed by atoms with Crippen molar-refractivity contribution in [1.82, 2.24) is 29.3 Å². The highest BCUT2D eigenvalue weighted by Gasteiger charge is 2.28. The SMILES string of the molecule is COc1ccncc1-c1cc(C(=O)Nc2nc3ccc(N4CCC(N(C)CCN(C)C)CC4)cc3n2[C@H]2CC[C@@H](O)CC2)cc(C)n1. The molecule has 1 aromatic carbocycles. The lowest BCUT2D eigenvalue weighted by Crippen LogP contribution is -2.45. The number of piperidine rings is 1. The lowest BCUT2D eigenvalue weighted by molar-refractivity contribution is 0.102. The number of rotatable bonds is 10. The van der Waals surface area contributed by atoms with Crippen molar-refractivity contribution in [3.63, 3.8) is 0 Å². The summed E-state index contributed by atoms with van der Waals surface area (Å²) in [5.41, 5.74) is 5.57. The number of aliphatic hydroxyl groups is 1. The Kier molecular flexibility index (Phi) is 10.0. The summed E-state index contributed by atoms with van der Waals surface area (Å²) in [4.78, 5) is 34.9. The second-order valence-electron chi connectivity index (χ2n) is 13.4. The molecular weight excluding hydrogens is 592 g/mol. The van der Waals surface area contributed by atoms with Crippen molar-refractivity contribution in [3.8, 4) is 17.0 Å². The average molecular weight is 641 g/mol. The van der Waals surface area contributed by atoms with E-state index in [1.165, 1.54) is 5.69 Å². The van der Waals surface area contributed by atoms with Gasteiger partial charge in [-0.2, -0.15) is 0 Å². The van der Waals surface area contributed by atoms with E-state index < -0.39 is 0 Å². The highest BCUT2D eigenvalue weighted by molar-refractivity contribution is 6.05. The third-order valence-electron chi connectivity index (χ3n) is 9.78. The van der Waals surface area contributed by atoms with Crippen LogP contribution in [-0.4, -0.2) is 107 Å². The number of carbonyl (C=O) groups is 1. The summed E-state index contributed by atoms with van der Waals surface area (Å²) in [5, 5.41) is 13.4. The summed E-state index contributed by atoms with van der Waals surface area (Å²) in [6, 6.07) is 12.5. The first-order valence-corrected chi connectivity index (χ1v) is 16.8. The second kappa shape index (κ2) is 14.4. The van der Waals surface area contributed by atoms with Crippen molar-refractivity contribution in [2.75, 3.05) is 64.6 Å². The van der Waals surface area contributed by atoms with Gasteiger partial charge in [0.2, 0.25) is 5.95 Å². The summed E-state index contributed by atoms with van der Waals surface area (Å²) in [6.45, 7) is 6.02. The summed E-state index contributed by atoms with van der Waals surface area (Å²) in [6.07, 6.45) is 8.44. The van der Waals surface area contributed by atoms with Crippen LogP contribution in [-0.2, 0) is 0 Å². The van der Waals surface area contributed by atoms with E-state index in [-0.39, 0.29) is 18.1 Å². The quantitative estimate of drug-likeness (QED) is 0.247. The number of aliphatic hydroxyl groups excluding tert-OH is 1. The number of benzene rings is 1. The van der Waals surface area contributed by atoms with Gasteiger partial charge in [-0.05, 0) is 103 Å². The molecule has 1 saturated carbocycles. The minimum Gasteiger partial charge on any atom is -0.496 e. The number of amides is 1. The molecule has 2 fully saturated rings. The number of hydrogen-bond donors (Lipinski definition) is 2. The number of likely N-dealkylation sites (N-methyl/N-ethyl adjacent to an activating group) is 2. The summed E-state index contributed by atoms with van der Waals surface area (Å²) >= 11 is 0. The molecule has 1 aliphatic carbocycles. The maximum atomic E-state index is 13.9. The molecule has 0 unspecified atom stereocenters. The Bertz CT molecular complexity index is 1690. The molecule has 1 saturated heterocycles. The van der Waals surface area contributed by atoms with E-state index in [4.69, 9.17) is 9.72 Å². The molecule has 250 valence electrons. The van der Waals surface area contributed by atoms with Gasteiger partial charge in [-0.3, -0.25) is 20.1 Å². The van der Waals surface area contributed by atoms with Crippen molar-refractivity contribution < 1.29 is 14.6 Å². The highest BCUT2D eigenvalue weighted by atomic mass is 16.5. The van der Waals surface area contributed by atoms with E-state index in [0.717, 1.165) is 81.3 Å². The van der Waals surface area contributed by atoms with Gasteiger partial charge in [-0.25, -0.2) is 4.98 Å². The largest absolute Gasteiger partial charge is 0.496 e. The van der Waals surface area contributed by atoms with Gasteiger partial charge in [0.1, 0.15) is 5.75 Å². The molecule has 11 heteroatoms. The average Bonchev–Trinajstić information content (AvgIpc) is 3.44. The molecule has 1 amide bonds. The molecule has 0 atom stereocenters. The molecule has 6 rings (SSSR count). The first-order valence-electron chi connectivity index (χ1n) is 16.8. The number of methoxy groups -OCH3 is 1. The predicted molar refractivity (Wildman–Crippen MR) is 186 cm³/mol. The van der Waals surface area contributed by atoms with Gasteiger partial charge < -0.3 is 29.1 Å². The van der Waals surface area contributed by atoms with Crippen LogP contribution in [0.25, 0.3) is 22.3 Å². The van der Waals surface area contributed by atoms with Crippen LogP contribution in [0.4, 0.5) is 11.6 Å². The van der Waals surface area contributed by atoms with E-state index in [0.29, 0.717) is 34.7 Å². The lowest BCUT2D eigenvalue weighted by Gasteiger charge is -2.38. The fourth-order valence-electron chi connectivity index (χ4n) is 7.02. The number of aromatic nitrogens is 4. The second-order valence-corrected chi connectivity index (χ2v) is 13.4. The molecule has 0 radical (unpaired) electrons. The Hall–Kier alpha value is -4.06. The third kappa shape index (κ3) is 7.42. The van der Waals surface area contributed by atoms with Crippen molar-refractivity contribution >= 4 is 28.6 Å². The zero-order valence-electron chi connectivity index (χ0n) is 28.3. The molecule has 4 aromatic rings. The molecule has 1 aliphatic heterocycles. The Morgan fingerprint density at radius 2 is 1.77 bits per heavy atom. The molecule has 3 aromatic heterocycles. The number of aryl methyl sites for hydroxylation is 1. The van der Waals surface area contributed by atoms with Gasteiger partial charge in [0.25, 0.3) is 5.91 Å². The van der Waals surface area contributed by atoms with Gasteiger partial charge in [-0.15, -0.1) is 0 Å². The number of pyridine rings is 2. The summed E-state index contributed by atoms with van der Waals surface area (Å²) in [5.74, 6) is 0.912. The van der Waals surface area contributed by atoms with Crippen LogP contribution < -0.4 is 15.0 Å². The third-order valence-corrected chi connectivity index (χ3v) is 9.78. The maximum Gasteiger partial charge on any atom is 0.258 e. The van der Waals surface area contributed by atoms with Gasteiger partial charge in [0, 0.05) is 67.6 Å².